The summed E-state index contributed by atoms with van der Waals surface area (Å²) in [6.45, 7) is 0. The molecule has 0 bridgehead atoms. The first kappa shape index (κ1) is 27.5. The summed E-state index contributed by atoms with van der Waals surface area (Å²) in [5, 5.41) is 0. The van der Waals surface area contributed by atoms with Crippen molar-refractivity contribution in [2.75, 3.05) is 4.43 Å². The molecule has 0 saturated carbocycles. The Kier molecular flexibility index (Phi) is 6.94. The first-order chi connectivity index (χ1) is 11.8. The molecule has 18 heteroatoms. The van der Waals surface area contributed by atoms with Gasteiger partial charge in [-0.2, -0.15) is 74.6 Å². The molecule has 0 atom stereocenters. The van der Waals surface area contributed by atoms with Gasteiger partial charge in [-0.3, -0.25) is 0 Å². The molecule has 0 aromatic rings. The Bertz CT molecular complexity index is 559. The van der Waals surface area contributed by atoms with E-state index < -0.39 is 58.5 Å². The molecule has 0 heterocycles. The molecule has 0 aliphatic carbocycles. The molecule has 0 saturated heterocycles. The van der Waals surface area contributed by atoms with Crippen molar-refractivity contribution in [1.29, 1.82) is 0 Å². The Morgan fingerprint density at radius 3 is 1.07 bits per heavy atom. The van der Waals surface area contributed by atoms with Crippen LogP contribution in [-0.4, -0.2) is 52.1 Å². The van der Waals surface area contributed by atoms with Crippen LogP contribution in [-0.2, 0) is 0 Å². The van der Waals surface area contributed by atoms with Gasteiger partial charge in [-0.05, 0) is 0 Å². The minimum atomic E-state index is -8.56. The molecular weight excluding hydrogens is 572 g/mol. The first-order valence-corrected chi connectivity index (χ1v) is 7.61. The van der Waals surface area contributed by atoms with Gasteiger partial charge in [-0.15, -0.1) is 0 Å². The monoisotopic (exact) mass is 576 g/mol. The smallest absolute Gasteiger partial charge is 0.200 e. The van der Waals surface area contributed by atoms with Crippen LogP contribution in [0.1, 0.15) is 6.42 Å². The largest absolute Gasteiger partial charge is 0.460 e. The average molecular weight is 576 g/mol. The molecule has 0 spiro atoms. The molecule has 0 amide bonds. The van der Waals surface area contributed by atoms with E-state index in [1.54, 1.807) is 0 Å². The maximum atomic E-state index is 13.2. The zero-order valence-corrected chi connectivity index (χ0v) is 14.4. The summed E-state index contributed by atoms with van der Waals surface area (Å²) in [4.78, 5) is 0. The zero-order valence-electron chi connectivity index (χ0n) is 12.2. The van der Waals surface area contributed by atoms with E-state index in [0.717, 1.165) is 22.6 Å². The Balaban J connectivity index is 6.63. The average Bonchev–Trinajstić information content (AvgIpc) is 2.44. The lowest BCUT2D eigenvalue weighted by Gasteiger charge is -2.42. The van der Waals surface area contributed by atoms with Gasteiger partial charge in [-0.25, -0.2) is 0 Å². The van der Waals surface area contributed by atoms with Crippen molar-refractivity contribution in [2.24, 2.45) is 0 Å². The second-order valence-corrected chi connectivity index (χ2v) is 6.17. The number of halogens is 18. The van der Waals surface area contributed by atoms with Gasteiger partial charge < -0.3 is 0 Å². The second-order valence-electron chi connectivity index (χ2n) is 5.09. The van der Waals surface area contributed by atoms with Gasteiger partial charge in [0.1, 0.15) is 0 Å². The highest BCUT2D eigenvalue weighted by atomic mass is 127. The SMILES string of the molecule is FC(F)(F)C(F)(F)C(F)(F)C(F)(F)C(F)(F)C(F)(F)C(F)(F)[14C](F)(F)CCI. The van der Waals surface area contributed by atoms with Crippen molar-refractivity contribution in [3.8, 4) is 0 Å². The topological polar surface area (TPSA) is 0 Å². The molecule has 0 aliphatic rings. The van der Waals surface area contributed by atoms with Crippen LogP contribution in [0.3, 0.4) is 0 Å². The van der Waals surface area contributed by atoms with Crippen molar-refractivity contribution in [1.82, 2.24) is 0 Å². The van der Waals surface area contributed by atoms with Crippen LogP contribution in [0.25, 0.3) is 0 Å². The van der Waals surface area contributed by atoms with Crippen molar-refractivity contribution < 1.29 is 74.6 Å². The molecule has 0 fully saturated rings. The van der Waals surface area contributed by atoms with Crippen LogP contribution in [0, 0.1) is 0 Å². The summed E-state index contributed by atoms with van der Waals surface area (Å²) in [6.07, 6.45) is -10.1. The van der Waals surface area contributed by atoms with Gasteiger partial charge in [0.2, 0.25) is 0 Å². The van der Waals surface area contributed by atoms with Gasteiger partial charge in [0.25, 0.3) is 0 Å². The Labute approximate surface area is 156 Å². The number of hydrogen-bond acceptors (Lipinski definition) is 0. The quantitative estimate of drug-likeness (QED) is 0.169. The minimum Gasteiger partial charge on any atom is -0.200 e. The predicted molar refractivity (Wildman–Crippen MR) is 64.2 cm³/mol. The second kappa shape index (κ2) is 7.05. The number of rotatable bonds is 8. The minimum absolute atomic E-state index is 0.812. The molecule has 0 nitrogen and oxygen atoms in total. The summed E-state index contributed by atoms with van der Waals surface area (Å²) in [7, 11) is 0. The zero-order chi connectivity index (χ0) is 23.4. The van der Waals surface area contributed by atoms with Crippen molar-refractivity contribution >= 4 is 22.6 Å². The van der Waals surface area contributed by atoms with Crippen LogP contribution in [0.15, 0.2) is 0 Å². The van der Waals surface area contributed by atoms with Crippen molar-refractivity contribution in [3.05, 3.63) is 0 Å². The number of hydrogen-bond donors (Lipinski definition) is 0. The van der Waals surface area contributed by atoms with E-state index in [0.29, 0.717) is 0 Å². The van der Waals surface area contributed by atoms with Gasteiger partial charge in [0.15, 0.2) is 0 Å². The van der Waals surface area contributed by atoms with E-state index in [1.165, 1.54) is 0 Å². The third-order valence-electron chi connectivity index (χ3n) is 3.20. The van der Waals surface area contributed by atoms with Gasteiger partial charge in [-0.1, -0.05) is 22.6 Å². The third kappa shape index (κ3) is 3.47. The Hall–Kier alpha value is -0.460. The van der Waals surface area contributed by atoms with E-state index >= 15 is 0 Å². The Morgan fingerprint density at radius 1 is 0.500 bits per heavy atom. The van der Waals surface area contributed by atoms with Crippen molar-refractivity contribution in [2.45, 2.75) is 54.1 Å². The lowest BCUT2D eigenvalue weighted by atomic mass is 9.93. The lowest BCUT2D eigenvalue weighted by Crippen LogP contribution is -2.74. The van der Waals surface area contributed by atoms with Crippen LogP contribution in [0.2, 0.25) is 0 Å². The van der Waals surface area contributed by atoms with Crippen LogP contribution < -0.4 is 0 Å². The summed E-state index contributed by atoms with van der Waals surface area (Å²) in [6, 6.07) is 0. The summed E-state index contributed by atoms with van der Waals surface area (Å²) >= 11 is 0.812. The van der Waals surface area contributed by atoms with Crippen LogP contribution in [0.4, 0.5) is 74.6 Å². The van der Waals surface area contributed by atoms with Gasteiger partial charge in [0.05, 0.1) is 0 Å². The van der Waals surface area contributed by atoms with E-state index in [2.05, 4.69) is 0 Å². The standard InChI is InChI=1S/C10H4F17I/c11-3(12,1-2-28)4(13,14)5(15,16)6(17,18)7(19,20)8(21,22)9(23,24)10(25,26)27/h1-2H2/i3+2. The normalized spacial score (nSPS) is 16.5. The maximum Gasteiger partial charge on any atom is 0.460 e. The molecule has 0 N–H and O–H groups in total. The van der Waals surface area contributed by atoms with Gasteiger partial charge in [0, 0.05) is 10.8 Å². The van der Waals surface area contributed by atoms with E-state index in [4.69, 9.17) is 0 Å². The highest BCUT2D eigenvalue weighted by Gasteiger charge is 2.95. The van der Waals surface area contributed by atoms with Crippen molar-refractivity contribution in [3.63, 3.8) is 0 Å². The molecule has 0 radical (unpaired) electrons. The van der Waals surface area contributed by atoms with E-state index in [9.17, 15) is 74.6 Å². The Morgan fingerprint density at radius 2 is 0.786 bits per heavy atom. The molecule has 170 valence electrons. The molecule has 0 aliphatic heterocycles. The molecule has 0 rings (SSSR count). The molecule has 0 unspecified atom stereocenters. The molecule has 28 heavy (non-hydrogen) atoms. The highest BCUT2D eigenvalue weighted by molar-refractivity contribution is 14.1. The highest BCUT2D eigenvalue weighted by Crippen LogP contribution is 2.64. The van der Waals surface area contributed by atoms with E-state index in [1.807, 2.05) is 0 Å². The fraction of sp³-hybridized carbons (Fsp3) is 1.00. The summed E-state index contributed by atoms with van der Waals surface area (Å²) in [5.74, 6) is -55.6. The molecule has 0 aromatic carbocycles. The lowest BCUT2D eigenvalue weighted by molar-refractivity contribution is -0.461. The molecular formula is C10H4F17I. The van der Waals surface area contributed by atoms with Crippen LogP contribution >= 0.6 is 22.6 Å². The maximum absolute atomic E-state index is 13.2. The first-order valence-electron chi connectivity index (χ1n) is 6.08. The molecule has 0 aromatic heterocycles. The summed E-state index contributed by atoms with van der Waals surface area (Å²) in [5.41, 5.74) is 0. The summed E-state index contributed by atoms with van der Waals surface area (Å²) < 4.78 is 216. The fourth-order valence-corrected chi connectivity index (χ4v) is 2.15. The third-order valence-corrected chi connectivity index (χ3v) is 3.73. The fourth-order valence-electron chi connectivity index (χ4n) is 1.47. The van der Waals surface area contributed by atoms with Crippen LogP contribution in [0.5, 0.6) is 0 Å². The van der Waals surface area contributed by atoms with E-state index in [-0.39, 0.29) is 0 Å². The predicted octanol–water partition coefficient (Wildman–Crippen LogP) is 6.82. The number of alkyl halides is 18. The van der Waals surface area contributed by atoms with Gasteiger partial charge >= 0.3 is 47.6 Å².